The van der Waals surface area contributed by atoms with E-state index in [1.54, 1.807) is 11.3 Å². The molecular formula is C17H25N3O2S. The van der Waals surface area contributed by atoms with Gasteiger partial charge in [0.2, 0.25) is 5.91 Å². The third-order valence-corrected chi connectivity index (χ3v) is 5.96. The van der Waals surface area contributed by atoms with Crippen molar-refractivity contribution in [2.75, 3.05) is 19.7 Å². The van der Waals surface area contributed by atoms with E-state index in [1.807, 2.05) is 11.6 Å². The molecule has 0 bridgehead atoms. The number of hydrogen-bond donors (Lipinski definition) is 1. The third kappa shape index (κ3) is 3.92. The van der Waals surface area contributed by atoms with Crippen molar-refractivity contribution < 1.29 is 9.53 Å². The normalized spacial score (nSPS) is 31.6. The molecule has 3 aliphatic rings. The van der Waals surface area contributed by atoms with Crippen molar-refractivity contribution in [1.29, 1.82) is 0 Å². The van der Waals surface area contributed by atoms with Gasteiger partial charge in [0.25, 0.3) is 0 Å². The molecule has 6 heteroatoms. The van der Waals surface area contributed by atoms with Crippen molar-refractivity contribution in [2.45, 2.75) is 50.8 Å². The zero-order valence-corrected chi connectivity index (χ0v) is 14.3. The van der Waals surface area contributed by atoms with Gasteiger partial charge in [-0.1, -0.05) is 0 Å². The number of carbonyl (C=O) groups is 1. The topological polar surface area (TPSA) is 54.5 Å². The molecule has 1 amide bonds. The minimum Gasteiger partial charge on any atom is -0.376 e. The van der Waals surface area contributed by atoms with E-state index >= 15 is 0 Å². The Labute approximate surface area is 141 Å². The fourth-order valence-corrected chi connectivity index (χ4v) is 4.58. The Kier molecular flexibility index (Phi) is 4.64. The van der Waals surface area contributed by atoms with E-state index in [0.29, 0.717) is 18.3 Å². The number of ether oxygens (including phenoxy) is 1. The van der Waals surface area contributed by atoms with Gasteiger partial charge in [-0.3, -0.25) is 9.69 Å². The first-order chi connectivity index (χ1) is 11.3. The summed E-state index contributed by atoms with van der Waals surface area (Å²) < 4.78 is 6.05. The number of amides is 1. The van der Waals surface area contributed by atoms with Crippen LogP contribution in [0.15, 0.2) is 11.6 Å². The molecule has 4 rings (SSSR count). The molecule has 2 aliphatic heterocycles. The van der Waals surface area contributed by atoms with E-state index in [0.717, 1.165) is 37.7 Å². The van der Waals surface area contributed by atoms with Gasteiger partial charge < -0.3 is 10.1 Å². The van der Waals surface area contributed by atoms with Crippen LogP contribution in [0.1, 0.15) is 37.1 Å². The van der Waals surface area contributed by atoms with Crippen LogP contribution in [0.5, 0.6) is 0 Å². The van der Waals surface area contributed by atoms with Gasteiger partial charge in [0.1, 0.15) is 5.01 Å². The van der Waals surface area contributed by atoms with Crippen LogP contribution in [0.4, 0.5) is 0 Å². The quantitative estimate of drug-likeness (QED) is 0.895. The second kappa shape index (κ2) is 6.87. The zero-order valence-electron chi connectivity index (χ0n) is 13.4. The summed E-state index contributed by atoms with van der Waals surface area (Å²) in [4.78, 5) is 19.1. The maximum atomic E-state index is 12.3. The van der Waals surface area contributed by atoms with Gasteiger partial charge >= 0.3 is 0 Å². The number of aromatic nitrogens is 1. The maximum Gasteiger partial charge on any atom is 0.220 e. The SMILES string of the molecule is O=C(CC1CC1)N[C@@H]1CN(Cc2nccs2)C[C@@H]2CCCO[C@@H]21. The fraction of sp³-hybridized carbons (Fsp3) is 0.765. The Balaban J connectivity index is 1.41. The summed E-state index contributed by atoms with van der Waals surface area (Å²) >= 11 is 1.71. The van der Waals surface area contributed by atoms with Crippen LogP contribution in [0, 0.1) is 11.8 Å². The van der Waals surface area contributed by atoms with Crippen molar-refractivity contribution in [2.24, 2.45) is 11.8 Å². The predicted molar refractivity (Wildman–Crippen MR) is 89.1 cm³/mol. The van der Waals surface area contributed by atoms with Crippen molar-refractivity contribution in [3.05, 3.63) is 16.6 Å². The van der Waals surface area contributed by atoms with E-state index < -0.39 is 0 Å². The lowest BCUT2D eigenvalue weighted by Crippen LogP contribution is -2.60. The molecular weight excluding hydrogens is 310 g/mol. The highest BCUT2D eigenvalue weighted by Crippen LogP contribution is 2.33. The highest BCUT2D eigenvalue weighted by atomic mass is 32.1. The molecule has 0 aromatic carbocycles. The summed E-state index contributed by atoms with van der Waals surface area (Å²) in [6, 6.07) is 0.125. The number of piperidine rings is 1. The van der Waals surface area contributed by atoms with Gasteiger partial charge in [-0.25, -0.2) is 4.98 Å². The minimum atomic E-state index is 0.125. The first-order valence-corrected chi connectivity index (χ1v) is 9.67. The molecule has 1 aromatic heterocycles. The highest BCUT2D eigenvalue weighted by molar-refractivity contribution is 7.09. The van der Waals surface area contributed by atoms with Crippen LogP contribution >= 0.6 is 11.3 Å². The number of nitrogens with zero attached hydrogens (tertiary/aromatic N) is 2. The molecule has 0 unspecified atom stereocenters. The third-order valence-electron chi connectivity index (χ3n) is 5.20. The molecule has 5 nitrogen and oxygen atoms in total. The van der Waals surface area contributed by atoms with E-state index in [2.05, 4.69) is 15.2 Å². The molecule has 2 saturated heterocycles. The largest absolute Gasteiger partial charge is 0.376 e. The average Bonchev–Trinajstić information content (AvgIpc) is 3.20. The molecule has 1 aliphatic carbocycles. The Morgan fingerprint density at radius 3 is 3.09 bits per heavy atom. The van der Waals surface area contributed by atoms with Gasteiger partial charge in [-0.05, 0) is 37.5 Å². The van der Waals surface area contributed by atoms with Crippen molar-refractivity contribution >= 4 is 17.2 Å². The molecule has 1 N–H and O–H groups in total. The van der Waals surface area contributed by atoms with E-state index in [-0.39, 0.29) is 18.1 Å². The molecule has 126 valence electrons. The highest BCUT2D eigenvalue weighted by Gasteiger charge is 2.40. The average molecular weight is 335 g/mol. The van der Waals surface area contributed by atoms with Gasteiger partial charge in [-0.2, -0.15) is 0 Å². The van der Waals surface area contributed by atoms with Crippen molar-refractivity contribution in [3.8, 4) is 0 Å². The Morgan fingerprint density at radius 1 is 1.39 bits per heavy atom. The first-order valence-electron chi connectivity index (χ1n) is 8.79. The second-order valence-electron chi connectivity index (χ2n) is 7.18. The van der Waals surface area contributed by atoms with Gasteiger partial charge in [-0.15, -0.1) is 11.3 Å². The molecule has 1 saturated carbocycles. The summed E-state index contributed by atoms with van der Waals surface area (Å²) in [6.07, 6.45) is 7.53. The van der Waals surface area contributed by atoms with Gasteiger partial charge in [0.05, 0.1) is 18.7 Å². The Bertz CT molecular complexity index is 532. The van der Waals surface area contributed by atoms with E-state index in [4.69, 9.17) is 4.74 Å². The van der Waals surface area contributed by atoms with E-state index in [9.17, 15) is 4.79 Å². The number of carbonyl (C=O) groups excluding carboxylic acids is 1. The lowest BCUT2D eigenvalue weighted by molar-refractivity contribution is -0.128. The fourth-order valence-electron chi connectivity index (χ4n) is 3.92. The zero-order chi connectivity index (χ0) is 15.6. The number of thiazole rings is 1. The summed E-state index contributed by atoms with van der Waals surface area (Å²) in [6.45, 7) is 3.65. The summed E-state index contributed by atoms with van der Waals surface area (Å²) in [5.41, 5.74) is 0. The maximum absolute atomic E-state index is 12.3. The van der Waals surface area contributed by atoms with Crippen LogP contribution in [-0.2, 0) is 16.1 Å². The van der Waals surface area contributed by atoms with Crippen molar-refractivity contribution in [3.63, 3.8) is 0 Å². The minimum absolute atomic E-state index is 0.125. The smallest absolute Gasteiger partial charge is 0.220 e. The number of nitrogens with one attached hydrogen (secondary N) is 1. The molecule has 0 radical (unpaired) electrons. The van der Waals surface area contributed by atoms with Gasteiger partial charge in [0.15, 0.2) is 0 Å². The Morgan fingerprint density at radius 2 is 2.30 bits per heavy atom. The number of likely N-dealkylation sites (tertiary alicyclic amines) is 1. The van der Waals surface area contributed by atoms with Crippen LogP contribution in [0.2, 0.25) is 0 Å². The molecule has 1 aromatic rings. The molecule has 3 atom stereocenters. The second-order valence-corrected chi connectivity index (χ2v) is 8.16. The van der Waals surface area contributed by atoms with Crippen LogP contribution in [0.3, 0.4) is 0 Å². The molecule has 0 spiro atoms. The first kappa shape index (κ1) is 15.5. The number of hydrogen-bond acceptors (Lipinski definition) is 5. The summed E-state index contributed by atoms with van der Waals surface area (Å²) in [5.74, 6) is 1.37. The van der Waals surface area contributed by atoms with Crippen LogP contribution < -0.4 is 5.32 Å². The summed E-state index contributed by atoms with van der Waals surface area (Å²) in [7, 11) is 0. The lowest BCUT2D eigenvalue weighted by Gasteiger charge is -2.45. The standard InChI is InChI=1S/C17H25N3O2S/c21-15(8-12-3-4-12)19-14-10-20(11-16-18-5-7-23-16)9-13-2-1-6-22-17(13)14/h5,7,12-14,17H,1-4,6,8-11H2,(H,19,21)/t13-,14+,17-/m0/s1. The predicted octanol–water partition coefficient (Wildman–Crippen LogP) is 2.04. The number of rotatable bonds is 5. The molecule has 23 heavy (non-hydrogen) atoms. The van der Waals surface area contributed by atoms with E-state index in [1.165, 1.54) is 19.3 Å². The molecule has 3 fully saturated rings. The Hall–Kier alpha value is -0.980. The van der Waals surface area contributed by atoms with Crippen LogP contribution in [0.25, 0.3) is 0 Å². The molecule has 3 heterocycles. The van der Waals surface area contributed by atoms with Crippen molar-refractivity contribution in [1.82, 2.24) is 15.2 Å². The number of fused-ring (bicyclic) bond motifs is 1. The summed E-state index contributed by atoms with van der Waals surface area (Å²) in [5, 5.41) is 6.46. The van der Waals surface area contributed by atoms with Crippen LogP contribution in [-0.4, -0.2) is 47.6 Å². The lowest BCUT2D eigenvalue weighted by atomic mass is 9.85. The monoisotopic (exact) mass is 335 g/mol. The van der Waals surface area contributed by atoms with Gasteiger partial charge in [0, 0.05) is 37.7 Å².